The summed E-state index contributed by atoms with van der Waals surface area (Å²) in [4.78, 5) is 13.5. The SMILES string of the molecule is CC(C)N1CC(NCC2CCC2)CC(C(=O)O)C1. The van der Waals surface area contributed by atoms with E-state index in [1.54, 1.807) is 0 Å². The summed E-state index contributed by atoms with van der Waals surface area (Å²) < 4.78 is 0. The van der Waals surface area contributed by atoms with E-state index in [1.807, 2.05) is 0 Å². The van der Waals surface area contributed by atoms with Gasteiger partial charge >= 0.3 is 5.97 Å². The summed E-state index contributed by atoms with van der Waals surface area (Å²) in [6, 6.07) is 0.781. The van der Waals surface area contributed by atoms with Crippen LogP contribution >= 0.6 is 0 Å². The first-order valence-electron chi connectivity index (χ1n) is 7.26. The van der Waals surface area contributed by atoms with Gasteiger partial charge in [-0.15, -0.1) is 0 Å². The van der Waals surface area contributed by atoms with Crippen LogP contribution in [0.5, 0.6) is 0 Å². The summed E-state index contributed by atoms with van der Waals surface area (Å²) >= 11 is 0. The summed E-state index contributed by atoms with van der Waals surface area (Å²) in [5.74, 6) is -0.0152. The van der Waals surface area contributed by atoms with Crippen LogP contribution in [0.25, 0.3) is 0 Å². The molecule has 2 rings (SSSR count). The molecule has 0 aromatic rings. The number of rotatable bonds is 5. The Kier molecular flexibility index (Phi) is 4.62. The van der Waals surface area contributed by atoms with Crippen LogP contribution < -0.4 is 5.32 Å². The van der Waals surface area contributed by atoms with Gasteiger partial charge in [0.25, 0.3) is 0 Å². The summed E-state index contributed by atoms with van der Waals surface area (Å²) in [5, 5.41) is 12.8. The molecule has 1 aliphatic carbocycles. The number of likely N-dealkylation sites (tertiary alicyclic amines) is 1. The number of aliphatic carboxylic acids is 1. The van der Waals surface area contributed by atoms with Crippen molar-refractivity contribution in [3.05, 3.63) is 0 Å². The minimum atomic E-state index is -0.643. The van der Waals surface area contributed by atoms with E-state index >= 15 is 0 Å². The van der Waals surface area contributed by atoms with E-state index in [4.69, 9.17) is 0 Å². The highest BCUT2D eigenvalue weighted by Gasteiger charge is 2.32. The van der Waals surface area contributed by atoms with Crippen LogP contribution in [0.4, 0.5) is 0 Å². The van der Waals surface area contributed by atoms with Gasteiger partial charge in [-0.2, -0.15) is 0 Å². The van der Waals surface area contributed by atoms with E-state index in [9.17, 15) is 9.90 Å². The van der Waals surface area contributed by atoms with E-state index in [0.717, 1.165) is 25.4 Å². The molecule has 1 heterocycles. The zero-order valence-corrected chi connectivity index (χ0v) is 11.6. The first kappa shape index (κ1) is 13.8. The lowest BCUT2D eigenvalue weighted by molar-refractivity contribution is -0.144. The van der Waals surface area contributed by atoms with Crippen LogP contribution in [0.15, 0.2) is 0 Å². The number of carboxylic acid groups (broad SMARTS) is 1. The van der Waals surface area contributed by atoms with Crippen molar-refractivity contribution in [2.75, 3.05) is 19.6 Å². The highest BCUT2D eigenvalue weighted by atomic mass is 16.4. The molecular formula is C14H26N2O2. The highest BCUT2D eigenvalue weighted by molar-refractivity contribution is 5.70. The van der Waals surface area contributed by atoms with Gasteiger partial charge in [-0.3, -0.25) is 9.69 Å². The molecule has 1 aliphatic heterocycles. The Labute approximate surface area is 110 Å². The standard InChI is InChI=1S/C14H26N2O2/c1-10(2)16-8-12(14(17)18)6-13(9-16)15-7-11-4-3-5-11/h10-13,15H,3-9H2,1-2H3,(H,17,18). The van der Waals surface area contributed by atoms with Gasteiger partial charge in [-0.05, 0) is 45.6 Å². The van der Waals surface area contributed by atoms with Crippen molar-refractivity contribution >= 4 is 5.97 Å². The van der Waals surface area contributed by atoms with E-state index in [1.165, 1.54) is 19.3 Å². The monoisotopic (exact) mass is 254 g/mol. The highest BCUT2D eigenvalue weighted by Crippen LogP contribution is 2.26. The molecule has 0 amide bonds. The minimum absolute atomic E-state index is 0.208. The number of hydrogen-bond acceptors (Lipinski definition) is 3. The molecule has 2 aliphatic rings. The topological polar surface area (TPSA) is 52.6 Å². The molecule has 0 radical (unpaired) electrons. The van der Waals surface area contributed by atoms with Gasteiger partial charge < -0.3 is 10.4 Å². The Morgan fingerprint density at radius 3 is 2.61 bits per heavy atom. The maximum absolute atomic E-state index is 11.2. The van der Waals surface area contributed by atoms with Gasteiger partial charge in [0.15, 0.2) is 0 Å². The van der Waals surface area contributed by atoms with Gasteiger partial charge in [0.1, 0.15) is 0 Å². The van der Waals surface area contributed by atoms with Crippen molar-refractivity contribution in [2.45, 2.75) is 51.6 Å². The van der Waals surface area contributed by atoms with Gasteiger partial charge in [0, 0.05) is 25.2 Å². The number of hydrogen-bond donors (Lipinski definition) is 2. The maximum atomic E-state index is 11.2. The molecule has 0 bridgehead atoms. The molecule has 1 saturated carbocycles. The number of carboxylic acids is 1. The lowest BCUT2D eigenvalue weighted by Gasteiger charge is -2.40. The second-order valence-corrected chi connectivity index (χ2v) is 6.22. The Hall–Kier alpha value is -0.610. The van der Waals surface area contributed by atoms with Crippen molar-refractivity contribution < 1.29 is 9.90 Å². The van der Waals surface area contributed by atoms with E-state index < -0.39 is 5.97 Å². The van der Waals surface area contributed by atoms with Crippen LogP contribution in [0.3, 0.4) is 0 Å². The second-order valence-electron chi connectivity index (χ2n) is 6.22. The summed E-state index contributed by atoms with van der Waals surface area (Å²) in [6.07, 6.45) is 4.84. The molecule has 0 aromatic heterocycles. The molecule has 4 nitrogen and oxygen atoms in total. The molecular weight excluding hydrogens is 228 g/mol. The third kappa shape index (κ3) is 3.45. The molecule has 18 heavy (non-hydrogen) atoms. The Morgan fingerprint density at radius 1 is 1.39 bits per heavy atom. The number of nitrogens with one attached hydrogen (secondary N) is 1. The van der Waals surface area contributed by atoms with E-state index in [0.29, 0.717) is 18.6 Å². The third-order valence-electron chi connectivity index (χ3n) is 4.48. The fourth-order valence-corrected chi connectivity index (χ4v) is 2.91. The number of nitrogens with zero attached hydrogens (tertiary/aromatic N) is 1. The molecule has 2 unspecified atom stereocenters. The summed E-state index contributed by atoms with van der Waals surface area (Å²) in [5.41, 5.74) is 0. The van der Waals surface area contributed by atoms with Gasteiger partial charge in [-0.25, -0.2) is 0 Å². The lowest BCUT2D eigenvalue weighted by atomic mass is 9.85. The largest absolute Gasteiger partial charge is 0.481 e. The molecule has 2 atom stereocenters. The van der Waals surface area contributed by atoms with Crippen LogP contribution in [-0.2, 0) is 4.79 Å². The average molecular weight is 254 g/mol. The lowest BCUT2D eigenvalue weighted by Crippen LogP contribution is -2.53. The molecule has 1 saturated heterocycles. The molecule has 0 spiro atoms. The zero-order chi connectivity index (χ0) is 13.1. The average Bonchev–Trinajstić information content (AvgIpc) is 2.26. The first-order chi connectivity index (χ1) is 8.56. The predicted molar refractivity (Wildman–Crippen MR) is 71.6 cm³/mol. The van der Waals surface area contributed by atoms with E-state index in [2.05, 4.69) is 24.1 Å². The Balaban J connectivity index is 1.85. The molecule has 104 valence electrons. The zero-order valence-electron chi connectivity index (χ0n) is 11.6. The van der Waals surface area contributed by atoms with Crippen molar-refractivity contribution in [1.29, 1.82) is 0 Å². The quantitative estimate of drug-likeness (QED) is 0.782. The Bertz CT molecular complexity index is 290. The molecule has 0 aromatic carbocycles. The van der Waals surface area contributed by atoms with Crippen molar-refractivity contribution in [2.24, 2.45) is 11.8 Å². The number of carbonyl (C=O) groups is 1. The predicted octanol–water partition coefficient (Wildman–Crippen LogP) is 1.56. The molecule has 4 heteroatoms. The maximum Gasteiger partial charge on any atom is 0.307 e. The fraction of sp³-hybridized carbons (Fsp3) is 0.929. The van der Waals surface area contributed by atoms with E-state index in [-0.39, 0.29) is 5.92 Å². The van der Waals surface area contributed by atoms with Gasteiger partial charge in [0.2, 0.25) is 0 Å². The summed E-state index contributed by atoms with van der Waals surface area (Å²) in [6.45, 7) is 7.06. The van der Waals surface area contributed by atoms with Crippen molar-refractivity contribution in [3.8, 4) is 0 Å². The smallest absolute Gasteiger partial charge is 0.307 e. The number of piperidine rings is 1. The van der Waals surface area contributed by atoms with Gasteiger partial charge in [-0.1, -0.05) is 6.42 Å². The molecule has 2 N–H and O–H groups in total. The van der Waals surface area contributed by atoms with Crippen molar-refractivity contribution in [1.82, 2.24) is 10.2 Å². The van der Waals surface area contributed by atoms with Crippen molar-refractivity contribution in [3.63, 3.8) is 0 Å². The van der Waals surface area contributed by atoms with Crippen LogP contribution in [0.2, 0.25) is 0 Å². The molecule has 2 fully saturated rings. The minimum Gasteiger partial charge on any atom is -0.481 e. The first-order valence-corrected chi connectivity index (χ1v) is 7.26. The van der Waals surface area contributed by atoms with Gasteiger partial charge in [0.05, 0.1) is 5.92 Å². The Morgan fingerprint density at radius 2 is 2.11 bits per heavy atom. The third-order valence-corrected chi connectivity index (χ3v) is 4.48. The normalized spacial score (nSPS) is 30.4. The fourth-order valence-electron chi connectivity index (χ4n) is 2.91. The van der Waals surface area contributed by atoms with Crippen LogP contribution in [0.1, 0.15) is 39.5 Å². The van der Waals surface area contributed by atoms with Crippen LogP contribution in [-0.4, -0.2) is 47.7 Å². The summed E-state index contributed by atoms with van der Waals surface area (Å²) in [7, 11) is 0. The van der Waals surface area contributed by atoms with Crippen LogP contribution in [0, 0.1) is 11.8 Å². The second kappa shape index (κ2) is 6.02.